The summed E-state index contributed by atoms with van der Waals surface area (Å²) in [5.41, 5.74) is 0.141. The van der Waals surface area contributed by atoms with Crippen LogP contribution >= 0.6 is 11.8 Å². The minimum absolute atomic E-state index is 0.141. The van der Waals surface area contributed by atoms with E-state index in [0.29, 0.717) is 0 Å². The summed E-state index contributed by atoms with van der Waals surface area (Å²) in [6.45, 7) is 7.30. The van der Waals surface area contributed by atoms with Gasteiger partial charge in [0, 0.05) is 30.7 Å². The third kappa shape index (κ3) is 5.51. The minimum Gasteiger partial charge on any atom is -0.425 e. The lowest BCUT2D eigenvalue weighted by Crippen LogP contribution is -2.37. The summed E-state index contributed by atoms with van der Waals surface area (Å²) < 4.78 is 5.52. The highest BCUT2D eigenvalue weighted by molar-refractivity contribution is 7.98. The first-order valence-electron chi connectivity index (χ1n) is 5.56. The van der Waals surface area contributed by atoms with Crippen LogP contribution in [0.1, 0.15) is 32.6 Å². The van der Waals surface area contributed by atoms with Crippen LogP contribution in [0.15, 0.2) is 4.42 Å². The Hall–Kier alpha value is -0.550. The number of aryl methyl sites for hydroxylation is 1. The van der Waals surface area contributed by atoms with Crippen molar-refractivity contribution in [3.63, 3.8) is 0 Å². The number of nitrogens with one attached hydrogen (secondary N) is 1. The quantitative estimate of drug-likeness (QED) is 0.827. The van der Waals surface area contributed by atoms with E-state index < -0.39 is 0 Å². The molecular weight excluding hydrogens is 222 g/mol. The Bertz CT molecular complexity index is 306. The summed E-state index contributed by atoms with van der Waals surface area (Å²) in [6.07, 6.45) is 3.73. The van der Waals surface area contributed by atoms with Gasteiger partial charge in [0.05, 0.1) is 0 Å². The maximum Gasteiger partial charge on any atom is 0.217 e. The van der Waals surface area contributed by atoms with E-state index in [2.05, 4.69) is 42.5 Å². The largest absolute Gasteiger partial charge is 0.425 e. The highest BCUT2D eigenvalue weighted by Gasteiger charge is 2.10. The van der Waals surface area contributed by atoms with Gasteiger partial charge in [0.25, 0.3) is 0 Å². The van der Waals surface area contributed by atoms with Gasteiger partial charge in [-0.1, -0.05) is 0 Å². The van der Waals surface area contributed by atoms with Crippen LogP contribution in [0.5, 0.6) is 0 Å². The molecule has 5 heteroatoms. The fourth-order valence-corrected chi connectivity index (χ4v) is 1.60. The van der Waals surface area contributed by atoms with Crippen molar-refractivity contribution in [1.29, 1.82) is 0 Å². The van der Waals surface area contributed by atoms with Gasteiger partial charge in [-0.3, -0.25) is 0 Å². The van der Waals surface area contributed by atoms with E-state index in [4.69, 9.17) is 4.42 Å². The van der Waals surface area contributed by atoms with Gasteiger partial charge < -0.3 is 9.73 Å². The molecule has 1 heterocycles. The SMILES string of the molecule is CSCCc1nnc(CCNC(C)(C)C)o1. The van der Waals surface area contributed by atoms with E-state index in [1.165, 1.54) is 0 Å². The highest BCUT2D eigenvalue weighted by Crippen LogP contribution is 2.05. The van der Waals surface area contributed by atoms with Gasteiger partial charge in [0.2, 0.25) is 11.8 Å². The summed E-state index contributed by atoms with van der Waals surface area (Å²) >= 11 is 1.79. The van der Waals surface area contributed by atoms with Gasteiger partial charge in [-0.25, -0.2) is 0 Å². The number of aromatic nitrogens is 2. The lowest BCUT2D eigenvalue weighted by molar-refractivity contribution is 0.402. The van der Waals surface area contributed by atoms with Crippen LogP contribution in [0.3, 0.4) is 0 Å². The van der Waals surface area contributed by atoms with Crippen LogP contribution in [0.2, 0.25) is 0 Å². The maximum absolute atomic E-state index is 5.52. The Morgan fingerprint density at radius 1 is 1.19 bits per heavy atom. The Kier molecular flexibility index (Phi) is 5.28. The van der Waals surface area contributed by atoms with E-state index in [1.54, 1.807) is 11.8 Å². The molecule has 92 valence electrons. The zero-order valence-corrected chi connectivity index (χ0v) is 11.4. The Morgan fingerprint density at radius 2 is 1.81 bits per heavy atom. The first-order chi connectivity index (χ1) is 7.51. The van der Waals surface area contributed by atoms with Crippen molar-refractivity contribution in [1.82, 2.24) is 15.5 Å². The molecule has 1 aromatic rings. The van der Waals surface area contributed by atoms with E-state index in [9.17, 15) is 0 Å². The third-order valence-corrected chi connectivity index (χ3v) is 2.64. The number of nitrogens with zero attached hydrogens (tertiary/aromatic N) is 2. The average Bonchev–Trinajstić information content (AvgIpc) is 2.61. The molecule has 0 aromatic carbocycles. The fourth-order valence-electron chi connectivity index (χ4n) is 1.22. The van der Waals surface area contributed by atoms with Crippen LogP contribution in [0.25, 0.3) is 0 Å². The van der Waals surface area contributed by atoms with Crippen LogP contribution in [-0.2, 0) is 12.8 Å². The van der Waals surface area contributed by atoms with Gasteiger partial charge in [-0.2, -0.15) is 11.8 Å². The molecule has 1 N–H and O–H groups in total. The summed E-state index contributed by atoms with van der Waals surface area (Å²) in [6, 6.07) is 0. The van der Waals surface area contributed by atoms with Gasteiger partial charge in [0.15, 0.2) is 0 Å². The van der Waals surface area contributed by atoms with Crippen LogP contribution in [-0.4, -0.2) is 34.3 Å². The second kappa shape index (κ2) is 6.25. The fraction of sp³-hybridized carbons (Fsp3) is 0.818. The highest BCUT2D eigenvalue weighted by atomic mass is 32.2. The molecule has 0 aliphatic heterocycles. The molecule has 0 amide bonds. The number of hydrogen-bond acceptors (Lipinski definition) is 5. The summed E-state index contributed by atoms with van der Waals surface area (Å²) in [5.74, 6) is 2.51. The third-order valence-electron chi connectivity index (χ3n) is 2.02. The van der Waals surface area contributed by atoms with E-state index in [1.807, 2.05) is 0 Å². The number of hydrogen-bond donors (Lipinski definition) is 1. The molecule has 0 bridgehead atoms. The minimum atomic E-state index is 0.141. The molecule has 0 spiro atoms. The molecule has 0 aliphatic carbocycles. The monoisotopic (exact) mass is 243 g/mol. The molecule has 0 saturated carbocycles. The first kappa shape index (κ1) is 13.5. The number of thioether (sulfide) groups is 1. The summed E-state index contributed by atoms with van der Waals surface area (Å²) in [7, 11) is 0. The predicted octanol–water partition coefficient (Wildman–Crippen LogP) is 1.91. The second-order valence-corrected chi connectivity index (χ2v) is 5.74. The molecule has 0 unspecified atom stereocenters. The zero-order valence-electron chi connectivity index (χ0n) is 10.5. The maximum atomic E-state index is 5.52. The molecule has 0 saturated heterocycles. The first-order valence-corrected chi connectivity index (χ1v) is 6.96. The van der Waals surface area contributed by atoms with Gasteiger partial charge in [-0.05, 0) is 27.0 Å². The molecule has 16 heavy (non-hydrogen) atoms. The molecule has 0 radical (unpaired) electrons. The summed E-state index contributed by atoms with van der Waals surface area (Å²) in [5, 5.41) is 11.4. The van der Waals surface area contributed by atoms with Crippen molar-refractivity contribution in [2.24, 2.45) is 0 Å². The topological polar surface area (TPSA) is 51.0 Å². The van der Waals surface area contributed by atoms with Crippen molar-refractivity contribution in [2.75, 3.05) is 18.6 Å². The molecule has 0 atom stereocenters. The molecular formula is C11H21N3OS. The average molecular weight is 243 g/mol. The predicted molar refractivity (Wildman–Crippen MR) is 67.8 cm³/mol. The van der Waals surface area contributed by atoms with Gasteiger partial charge >= 0.3 is 0 Å². The molecule has 4 nitrogen and oxygen atoms in total. The molecule has 1 aromatic heterocycles. The normalized spacial score (nSPS) is 12.0. The zero-order chi connectivity index (χ0) is 12.0. The Labute approximate surface area is 102 Å². The van der Waals surface area contributed by atoms with Crippen molar-refractivity contribution in [2.45, 2.75) is 39.2 Å². The van der Waals surface area contributed by atoms with Crippen molar-refractivity contribution >= 4 is 11.8 Å². The smallest absolute Gasteiger partial charge is 0.217 e. The van der Waals surface area contributed by atoms with Gasteiger partial charge in [-0.15, -0.1) is 10.2 Å². The molecule has 1 rings (SSSR count). The van der Waals surface area contributed by atoms with E-state index >= 15 is 0 Å². The van der Waals surface area contributed by atoms with Crippen molar-refractivity contribution < 1.29 is 4.42 Å². The van der Waals surface area contributed by atoms with Crippen LogP contribution in [0, 0.1) is 0 Å². The van der Waals surface area contributed by atoms with Crippen molar-refractivity contribution in [3.8, 4) is 0 Å². The lowest BCUT2D eigenvalue weighted by Gasteiger charge is -2.19. The van der Waals surface area contributed by atoms with Crippen molar-refractivity contribution in [3.05, 3.63) is 11.8 Å². The lowest BCUT2D eigenvalue weighted by atomic mass is 10.1. The molecule has 0 aliphatic rings. The van der Waals surface area contributed by atoms with E-state index in [-0.39, 0.29) is 5.54 Å². The standard InChI is InChI=1S/C11H21N3OS/c1-11(2,3)12-7-5-9-13-14-10(15-9)6-8-16-4/h12H,5-8H2,1-4H3. The second-order valence-electron chi connectivity index (χ2n) is 4.76. The number of rotatable bonds is 6. The van der Waals surface area contributed by atoms with Crippen LogP contribution < -0.4 is 5.32 Å². The van der Waals surface area contributed by atoms with Crippen LogP contribution in [0.4, 0.5) is 0 Å². The Balaban J connectivity index is 2.29. The summed E-state index contributed by atoms with van der Waals surface area (Å²) in [4.78, 5) is 0. The Morgan fingerprint density at radius 3 is 2.38 bits per heavy atom. The van der Waals surface area contributed by atoms with Gasteiger partial charge in [0.1, 0.15) is 0 Å². The molecule has 0 fully saturated rings. The van der Waals surface area contributed by atoms with E-state index in [0.717, 1.165) is 36.9 Å².